The van der Waals surface area contributed by atoms with Crippen molar-refractivity contribution in [3.8, 4) is 5.75 Å². The third kappa shape index (κ3) is 3.99. The Morgan fingerprint density at radius 1 is 1.53 bits per heavy atom. The van der Waals surface area contributed by atoms with Crippen LogP contribution < -0.4 is 9.88 Å². The minimum absolute atomic E-state index is 0.0687. The van der Waals surface area contributed by atoms with E-state index in [4.69, 9.17) is 21.5 Å². The first-order chi connectivity index (χ1) is 7.86. The Labute approximate surface area is 114 Å². The van der Waals surface area contributed by atoms with Crippen molar-refractivity contribution >= 4 is 37.6 Å². The molecule has 0 aliphatic heterocycles. The van der Waals surface area contributed by atoms with E-state index in [1.807, 2.05) is 0 Å². The van der Waals surface area contributed by atoms with Crippen molar-refractivity contribution in [1.29, 1.82) is 0 Å². The Kier molecular flexibility index (Phi) is 5.00. The van der Waals surface area contributed by atoms with Gasteiger partial charge in [-0.3, -0.25) is 0 Å². The lowest BCUT2D eigenvalue weighted by molar-refractivity contribution is 0.316. The average Bonchev–Trinajstić information content (AvgIpc) is 2.19. The third-order valence-corrected chi connectivity index (χ3v) is 3.50. The monoisotopic (exact) mass is 339 g/mol. The molecule has 0 radical (unpaired) electrons. The van der Waals surface area contributed by atoms with E-state index in [-0.39, 0.29) is 22.3 Å². The SMILES string of the molecule is C=CCCOc1c(Cl)cc(Br)cc1S(N)(=O)=O. The van der Waals surface area contributed by atoms with Gasteiger partial charge in [0.05, 0.1) is 11.6 Å². The van der Waals surface area contributed by atoms with Gasteiger partial charge in [-0.15, -0.1) is 6.58 Å². The molecule has 0 fully saturated rings. The highest BCUT2D eigenvalue weighted by Gasteiger charge is 2.19. The summed E-state index contributed by atoms with van der Waals surface area (Å²) in [5, 5.41) is 5.28. The minimum atomic E-state index is -3.88. The zero-order valence-corrected chi connectivity index (χ0v) is 12.0. The number of hydrogen-bond acceptors (Lipinski definition) is 3. The predicted octanol–water partition coefficient (Wildman–Crippen LogP) is 2.70. The molecule has 94 valence electrons. The van der Waals surface area contributed by atoms with E-state index in [1.165, 1.54) is 6.07 Å². The van der Waals surface area contributed by atoms with Gasteiger partial charge in [0.2, 0.25) is 10.0 Å². The minimum Gasteiger partial charge on any atom is -0.490 e. The van der Waals surface area contributed by atoms with Crippen LogP contribution in [0.2, 0.25) is 5.02 Å². The van der Waals surface area contributed by atoms with Crippen molar-refractivity contribution in [2.24, 2.45) is 5.14 Å². The predicted molar refractivity (Wildman–Crippen MR) is 70.8 cm³/mol. The van der Waals surface area contributed by atoms with Gasteiger partial charge in [-0.05, 0) is 18.6 Å². The largest absolute Gasteiger partial charge is 0.490 e. The lowest BCUT2D eigenvalue weighted by Gasteiger charge is -2.11. The summed E-state index contributed by atoms with van der Waals surface area (Å²) in [4.78, 5) is -0.138. The Morgan fingerprint density at radius 3 is 2.71 bits per heavy atom. The molecule has 0 aromatic heterocycles. The first-order valence-corrected chi connectivity index (χ1v) is 7.33. The van der Waals surface area contributed by atoms with Gasteiger partial charge in [0, 0.05) is 4.47 Å². The van der Waals surface area contributed by atoms with Crippen LogP contribution in [-0.4, -0.2) is 15.0 Å². The summed E-state index contributed by atoms with van der Waals surface area (Å²) in [6.45, 7) is 3.82. The molecule has 0 aliphatic rings. The highest BCUT2D eigenvalue weighted by molar-refractivity contribution is 9.10. The van der Waals surface area contributed by atoms with E-state index < -0.39 is 10.0 Å². The molecule has 0 spiro atoms. The van der Waals surface area contributed by atoms with Crippen LogP contribution in [0.15, 0.2) is 34.2 Å². The number of hydrogen-bond donors (Lipinski definition) is 1. The summed E-state index contributed by atoms with van der Waals surface area (Å²) in [6.07, 6.45) is 2.24. The maximum atomic E-state index is 11.4. The van der Waals surface area contributed by atoms with Gasteiger partial charge in [0.15, 0.2) is 5.75 Å². The molecule has 4 nitrogen and oxygen atoms in total. The van der Waals surface area contributed by atoms with Crippen molar-refractivity contribution in [3.63, 3.8) is 0 Å². The van der Waals surface area contributed by atoms with E-state index >= 15 is 0 Å². The zero-order valence-electron chi connectivity index (χ0n) is 8.82. The number of sulfonamides is 1. The summed E-state index contributed by atoms with van der Waals surface area (Å²) in [5.74, 6) is 0.0687. The van der Waals surface area contributed by atoms with Crippen LogP contribution in [-0.2, 0) is 10.0 Å². The second-order valence-corrected chi connectivity index (χ2v) is 6.04. The third-order valence-electron chi connectivity index (χ3n) is 1.85. The van der Waals surface area contributed by atoms with Crippen LogP contribution in [0.1, 0.15) is 6.42 Å². The van der Waals surface area contributed by atoms with Gasteiger partial charge >= 0.3 is 0 Å². The molecule has 0 amide bonds. The normalized spacial score (nSPS) is 11.2. The molecular formula is C10H11BrClNO3S. The van der Waals surface area contributed by atoms with Crippen LogP contribution in [0.4, 0.5) is 0 Å². The summed E-state index contributed by atoms with van der Waals surface area (Å²) in [7, 11) is -3.88. The van der Waals surface area contributed by atoms with Crippen LogP contribution >= 0.6 is 27.5 Å². The smallest absolute Gasteiger partial charge is 0.241 e. The maximum absolute atomic E-state index is 11.4. The van der Waals surface area contributed by atoms with Crippen LogP contribution in [0.5, 0.6) is 5.75 Å². The number of benzene rings is 1. The lowest BCUT2D eigenvalue weighted by atomic mass is 10.3. The van der Waals surface area contributed by atoms with Gasteiger partial charge in [0.25, 0.3) is 0 Å². The summed E-state index contributed by atoms with van der Waals surface area (Å²) < 4.78 is 28.6. The zero-order chi connectivity index (χ0) is 13.1. The molecule has 7 heteroatoms. The molecule has 17 heavy (non-hydrogen) atoms. The van der Waals surface area contributed by atoms with E-state index in [9.17, 15) is 8.42 Å². The van der Waals surface area contributed by atoms with Gasteiger partial charge < -0.3 is 4.74 Å². The average molecular weight is 341 g/mol. The molecule has 1 rings (SSSR count). The van der Waals surface area contributed by atoms with Crippen molar-refractivity contribution < 1.29 is 13.2 Å². The molecule has 1 aromatic carbocycles. The Balaban J connectivity index is 3.21. The molecule has 0 aliphatic carbocycles. The number of halogens is 2. The van der Waals surface area contributed by atoms with E-state index in [0.29, 0.717) is 10.9 Å². The van der Waals surface area contributed by atoms with Gasteiger partial charge in [0.1, 0.15) is 4.90 Å². The first kappa shape index (κ1) is 14.5. The maximum Gasteiger partial charge on any atom is 0.241 e. The van der Waals surface area contributed by atoms with Crippen LogP contribution in [0, 0.1) is 0 Å². The standard InChI is InChI=1S/C10H11BrClNO3S/c1-2-3-4-16-10-8(12)5-7(11)6-9(10)17(13,14)15/h2,5-6H,1,3-4H2,(H2,13,14,15). The quantitative estimate of drug-likeness (QED) is 0.662. The number of nitrogens with two attached hydrogens (primary N) is 1. The van der Waals surface area contributed by atoms with E-state index in [2.05, 4.69) is 22.5 Å². The molecule has 0 unspecified atom stereocenters. The molecule has 0 saturated heterocycles. The molecule has 2 N–H and O–H groups in total. The Bertz CT molecular complexity index is 531. The van der Waals surface area contributed by atoms with Gasteiger partial charge in [-0.25, -0.2) is 13.6 Å². The first-order valence-electron chi connectivity index (χ1n) is 4.62. The molecule has 0 bridgehead atoms. The van der Waals surface area contributed by atoms with E-state index in [0.717, 1.165) is 0 Å². The van der Waals surface area contributed by atoms with Crippen LogP contribution in [0.25, 0.3) is 0 Å². The van der Waals surface area contributed by atoms with Crippen molar-refractivity contribution in [2.45, 2.75) is 11.3 Å². The van der Waals surface area contributed by atoms with Crippen molar-refractivity contribution in [1.82, 2.24) is 0 Å². The Hall–Kier alpha value is -0.560. The second-order valence-electron chi connectivity index (χ2n) is 3.19. The van der Waals surface area contributed by atoms with E-state index in [1.54, 1.807) is 12.1 Å². The fourth-order valence-corrected chi connectivity index (χ4v) is 2.92. The lowest BCUT2D eigenvalue weighted by Crippen LogP contribution is -2.14. The molecule has 0 saturated carbocycles. The fourth-order valence-electron chi connectivity index (χ4n) is 1.13. The molecule has 0 atom stereocenters. The summed E-state index contributed by atoms with van der Waals surface area (Å²) in [6, 6.07) is 2.89. The van der Waals surface area contributed by atoms with Crippen LogP contribution in [0.3, 0.4) is 0 Å². The molecule has 1 aromatic rings. The second kappa shape index (κ2) is 5.86. The molecular weight excluding hydrogens is 330 g/mol. The number of rotatable bonds is 5. The number of ether oxygens (including phenoxy) is 1. The summed E-state index contributed by atoms with van der Waals surface area (Å²) >= 11 is 9.06. The van der Waals surface area contributed by atoms with Gasteiger partial charge in [-0.1, -0.05) is 33.6 Å². The highest BCUT2D eigenvalue weighted by atomic mass is 79.9. The van der Waals surface area contributed by atoms with Crippen molar-refractivity contribution in [2.75, 3.05) is 6.61 Å². The van der Waals surface area contributed by atoms with Gasteiger partial charge in [-0.2, -0.15) is 0 Å². The summed E-state index contributed by atoms with van der Waals surface area (Å²) in [5.41, 5.74) is 0. The number of primary sulfonamides is 1. The topological polar surface area (TPSA) is 69.4 Å². The fraction of sp³-hybridized carbons (Fsp3) is 0.200. The Morgan fingerprint density at radius 2 is 2.18 bits per heavy atom. The van der Waals surface area contributed by atoms with Crippen molar-refractivity contribution in [3.05, 3.63) is 34.3 Å². The highest BCUT2D eigenvalue weighted by Crippen LogP contribution is 2.34. The molecule has 0 heterocycles.